The van der Waals surface area contributed by atoms with Gasteiger partial charge in [0.1, 0.15) is 10.9 Å². The van der Waals surface area contributed by atoms with Crippen LogP contribution < -0.4 is 4.74 Å². The van der Waals surface area contributed by atoms with Crippen molar-refractivity contribution in [3.05, 3.63) is 23.0 Å². The highest BCUT2D eigenvalue weighted by atomic mass is 35.5. The van der Waals surface area contributed by atoms with Gasteiger partial charge in [0.2, 0.25) is 0 Å². The monoisotopic (exact) mass is 213 g/mol. The molecular formula is C11H16ClNO. The molecule has 1 atom stereocenters. The Labute approximate surface area is 90.3 Å². The third-order valence-electron chi connectivity index (χ3n) is 2.27. The Morgan fingerprint density at radius 1 is 1.36 bits per heavy atom. The Morgan fingerprint density at radius 2 is 2.00 bits per heavy atom. The van der Waals surface area contributed by atoms with Crippen LogP contribution in [-0.4, -0.2) is 11.1 Å². The van der Waals surface area contributed by atoms with Gasteiger partial charge in [-0.3, -0.25) is 0 Å². The first-order chi connectivity index (χ1) is 6.50. The highest BCUT2D eigenvalue weighted by Gasteiger charge is 2.10. The van der Waals surface area contributed by atoms with E-state index in [4.69, 9.17) is 16.3 Å². The Bertz CT molecular complexity index is 312. The van der Waals surface area contributed by atoms with E-state index < -0.39 is 0 Å². The number of aryl methyl sites for hydroxylation is 1. The van der Waals surface area contributed by atoms with Crippen molar-refractivity contribution in [1.82, 2.24) is 4.98 Å². The molecule has 1 rings (SSSR count). The minimum Gasteiger partial charge on any atom is -0.490 e. The van der Waals surface area contributed by atoms with Gasteiger partial charge in [0.05, 0.1) is 6.10 Å². The second-order valence-corrected chi connectivity index (χ2v) is 4.23. The van der Waals surface area contributed by atoms with Crippen molar-refractivity contribution in [2.75, 3.05) is 0 Å². The van der Waals surface area contributed by atoms with E-state index in [1.165, 1.54) is 0 Å². The highest BCUT2D eigenvalue weighted by Crippen LogP contribution is 2.22. The first-order valence-electron chi connectivity index (χ1n) is 4.79. The molecule has 3 heteroatoms. The van der Waals surface area contributed by atoms with E-state index in [1.807, 2.05) is 6.92 Å². The molecule has 0 aliphatic heterocycles. The van der Waals surface area contributed by atoms with Crippen LogP contribution in [0.1, 0.15) is 26.3 Å². The van der Waals surface area contributed by atoms with Crippen LogP contribution in [-0.2, 0) is 0 Å². The lowest BCUT2D eigenvalue weighted by molar-refractivity contribution is 0.169. The van der Waals surface area contributed by atoms with Crippen molar-refractivity contribution >= 4 is 11.6 Å². The molecule has 0 amide bonds. The van der Waals surface area contributed by atoms with Crippen LogP contribution in [0.2, 0.25) is 5.15 Å². The molecule has 1 aromatic heterocycles. The second kappa shape index (κ2) is 4.65. The van der Waals surface area contributed by atoms with Crippen molar-refractivity contribution in [2.24, 2.45) is 5.92 Å². The van der Waals surface area contributed by atoms with E-state index in [-0.39, 0.29) is 6.10 Å². The van der Waals surface area contributed by atoms with Crippen molar-refractivity contribution in [1.29, 1.82) is 0 Å². The maximum Gasteiger partial charge on any atom is 0.132 e. The number of rotatable bonds is 3. The average molecular weight is 214 g/mol. The summed E-state index contributed by atoms with van der Waals surface area (Å²) in [5.41, 5.74) is 1.02. The minimum atomic E-state index is 0.187. The van der Waals surface area contributed by atoms with E-state index in [9.17, 15) is 0 Å². The van der Waals surface area contributed by atoms with Crippen LogP contribution in [0.5, 0.6) is 5.75 Å². The van der Waals surface area contributed by atoms with Crippen molar-refractivity contribution in [3.63, 3.8) is 0 Å². The fraction of sp³-hybridized carbons (Fsp3) is 0.545. The first kappa shape index (κ1) is 11.3. The van der Waals surface area contributed by atoms with Gasteiger partial charge in [-0.2, -0.15) is 0 Å². The quantitative estimate of drug-likeness (QED) is 0.718. The summed E-state index contributed by atoms with van der Waals surface area (Å²) in [7, 11) is 0. The third-order valence-corrected chi connectivity index (χ3v) is 2.48. The minimum absolute atomic E-state index is 0.187. The molecule has 2 nitrogen and oxygen atoms in total. The molecule has 1 heterocycles. The number of hydrogen-bond donors (Lipinski definition) is 0. The average Bonchev–Trinajstić information content (AvgIpc) is 2.11. The molecule has 14 heavy (non-hydrogen) atoms. The van der Waals surface area contributed by atoms with Crippen molar-refractivity contribution in [2.45, 2.75) is 33.8 Å². The molecule has 0 spiro atoms. The molecule has 0 bridgehead atoms. The van der Waals surface area contributed by atoms with Crippen LogP contribution in [0.4, 0.5) is 0 Å². The van der Waals surface area contributed by atoms with Crippen LogP contribution >= 0.6 is 11.6 Å². The molecule has 0 saturated heterocycles. The summed E-state index contributed by atoms with van der Waals surface area (Å²) in [5.74, 6) is 1.31. The Hall–Kier alpha value is -0.760. The molecule has 78 valence electrons. The summed E-state index contributed by atoms with van der Waals surface area (Å²) in [4.78, 5) is 3.98. The van der Waals surface area contributed by atoms with Gasteiger partial charge >= 0.3 is 0 Å². The molecule has 0 fully saturated rings. The summed E-state index contributed by atoms with van der Waals surface area (Å²) in [5, 5.41) is 0.474. The van der Waals surface area contributed by atoms with Gasteiger partial charge in [-0.15, -0.1) is 0 Å². The van der Waals surface area contributed by atoms with Gasteiger partial charge in [-0.05, 0) is 19.8 Å². The molecule has 0 N–H and O–H groups in total. The molecule has 0 aromatic carbocycles. The van der Waals surface area contributed by atoms with Gasteiger partial charge in [0.15, 0.2) is 0 Å². The molecule has 0 aliphatic rings. The second-order valence-electron chi connectivity index (χ2n) is 3.84. The van der Waals surface area contributed by atoms with Gasteiger partial charge in [-0.25, -0.2) is 4.98 Å². The zero-order chi connectivity index (χ0) is 10.7. The SMILES string of the molecule is Cc1cnc(Cl)cc1OC(C)C(C)C. The summed E-state index contributed by atoms with van der Waals surface area (Å²) in [6, 6.07) is 1.76. The van der Waals surface area contributed by atoms with Crippen LogP contribution in [0, 0.1) is 12.8 Å². The van der Waals surface area contributed by atoms with Gasteiger partial charge in [0, 0.05) is 17.8 Å². The maximum absolute atomic E-state index is 5.79. The molecular weight excluding hydrogens is 198 g/mol. The van der Waals surface area contributed by atoms with Crippen molar-refractivity contribution in [3.8, 4) is 5.75 Å². The molecule has 1 unspecified atom stereocenters. The number of nitrogens with zero attached hydrogens (tertiary/aromatic N) is 1. The van der Waals surface area contributed by atoms with Crippen LogP contribution in [0.3, 0.4) is 0 Å². The van der Waals surface area contributed by atoms with Gasteiger partial charge in [-0.1, -0.05) is 25.4 Å². The topological polar surface area (TPSA) is 22.1 Å². The number of pyridine rings is 1. The Balaban J connectivity index is 2.80. The van der Waals surface area contributed by atoms with E-state index in [0.29, 0.717) is 11.1 Å². The maximum atomic E-state index is 5.79. The number of halogens is 1. The predicted molar refractivity (Wildman–Crippen MR) is 58.9 cm³/mol. The zero-order valence-electron chi connectivity index (χ0n) is 9.04. The van der Waals surface area contributed by atoms with E-state index >= 15 is 0 Å². The van der Waals surface area contributed by atoms with E-state index in [0.717, 1.165) is 11.3 Å². The van der Waals surface area contributed by atoms with Gasteiger partial charge in [0.25, 0.3) is 0 Å². The Kier molecular flexibility index (Phi) is 3.76. The summed E-state index contributed by atoms with van der Waals surface area (Å²) in [6.45, 7) is 8.27. The number of aromatic nitrogens is 1. The molecule has 0 aliphatic carbocycles. The molecule has 0 saturated carbocycles. The van der Waals surface area contributed by atoms with Crippen LogP contribution in [0.25, 0.3) is 0 Å². The largest absolute Gasteiger partial charge is 0.490 e. The zero-order valence-corrected chi connectivity index (χ0v) is 9.80. The summed E-state index contributed by atoms with van der Waals surface area (Å²) in [6.07, 6.45) is 1.91. The highest BCUT2D eigenvalue weighted by molar-refractivity contribution is 6.29. The summed E-state index contributed by atoms with van der Waals surface area (Å²) >= 11 is 5.79. The molecule has 0 radical (unpaired) electrons. The number of hydrogen-bond acceptors (Lipinski definition) is 2. The third kappa shape index (κ3) is 2.88. The van der Waals surface area contributed by atoms with Crippen molar-refractivity contribution < 1.29 is 4.74 Å². The standard InChI is InChI=1S/C11H16ClNO/c1-7(2)9(4)14-10-5-11(12)13-6-8(10)3/h5-7,9H,1-4H3. The fourth-order valence-electron chi connectivity index (χ4n) is 0.945. The Morgan fingerprint density at radius 3 is 2.57 bits per heavy atom. The summed E-state index contributed by atoms with van der Waals surface area (Å²) < 4.78 is 5.76. The van der Waals surface area contributed by atoms with Gasteiger partial charge < -0.3 is 4.74 Å². The van der Waals surface area contributed by atoms with E-state index in [2.05, 4.69) is 25.8 Å². The fourth-order valence-corrected chi connectivity index (χ4v) is 1.09. The predicted octanol–water partition coefficient (Wildman–Crippen LogP) is 3.47. The van der Waals surface area contributed by atoms with Crippen LogP contribution in [0.15, 0.2) is 12.3 Å². The lowest BCUT2D eigenvalue weighted by Gasteiger charge is -2.19. The smallest absolute Gasteiger partial charge is 0.132 e. The normalized spacial score (nSPS) is 13.0. The molecule has 1 aromatic rings. The lowest BCUT2D eigenvalue weighted by Crippen LogP contribution is -2.19. The number of ether oxygens (including phenoxy) is 1. The lowest BCUT2D eigenvalue weighted by atomic mass is 10.1. The first-order valence-corrected chi connectivity index (χ1v) is 5.17. The van der Waals surface area contributed by atoms with E-state index in [1.54, 1.807) is 12.3 Å².